The average Bonchev–Trinajstić information content (AvgIpc) is 3.02. The summed E-state index contributed by atoms with van der Waals surface area (Å²) in [5.74, 6) is -0.0392. The number of carbonyl (C=O) groups excluding carboxylic acids is 1. The molecule has 0 spiro atoms. The van der Waals surface area contributed by atoms with Gasteiger partial charge in [-0.3, -0.25) is 4.79 Å². The van der Waals surface area contributed by atoms with Crippen molar-refractivity contribution in [2.75, 3.05) is 0 Å². The normalized spacial score (nSPS) is 16.6. The molecule has 1 aliphatic rings. The first kappa shape index (κ1) is 14.8. The highest BCUT2D eigenvalue weighted by Crippen LogP contribution is 2.29. The van der Waals surface area contributed by atoms with E-state index in [1.54, 1.807) is 0 Å². The van der Waals surface area contributed by atoms with Gasteiger partial charge in [0.15, 0.2) is 0 Å². The van der Waals surface area contributed by atoms with Gasteiger partial charge in [-0.25, -0.2) is 0 Å². The van der Waals surface area contributed by atoms with Crippen LogP contribution in [-0.2, 0) is 4.79 Å². The zero-order valence-corrected chi connectivity index (χ0v) is 12.7. The van der Waals surface area contributed by atoms with E-state index in [1.165, 1.54) is 0 Å². The third-order valence-corrected chi connectivity index (χ3v) is 4.49. The second kappa shape index (κ2) is 6.32. The summed E-state index contributed by atoms with van der Waals surface area (Å²) < 4.78 is 0. The number of rotatable bonds is 4. The molecule has 0 bridgehead atoms. The summed E-state index contributed by atoms with van der Waals surface area (Å²) in [6.45, 7) is 0. The molecule has 3 nitrogen and oxygen atoms in total. The van der Waals surface area contributed by atoms with Gasteiger partial charge in [0.05, 0.1) is 11.6 Å². The lowest BCUT2D eigenvalue weighted by Gasteiger charge is -2.27. The molecule has 3 heteroatoms. The first-order valence-electron chi connectivity index (χ1n) is 7.89. The van der Waals surface area contributed by atoms with Crippen LogP contribution in [0.3, 0.4) is 0 Å². The number of carbonyl (C=O) groups is 1. The van der Waals surface area contributed by atoms with Crippen LogP contribution in [0.5, 0.6) is 0 Å². The number of hydrogen-bond donors (Lipinski definition) is 2. The van der Waals surface area contributed by atoms with E-state index in [-0.39, 0.29) is 11.9 Å². The van der Waals surface area contributed by atoms with E-state index < -0.39 is 5.54 Å². The molecule has 1 fully saturated rings. The van der Waals surface area contributed by atoms with Crippen LogP contribution in [0.2, 0.25) is 0 Å². The number of nitrogens with two attached hydrogens (primary N) is 1. The fourth-order valence-electron chi connectivity index (χ4n) is 3.16. The van der Waals surface area contributed by atoms with Crippen molar-refractivity contribution in [3.8, 4) is 0 Å². The molecule has 22 heavy (non-hydrogen) atoms. The summed E-state index contributed by atoms with van der Waals surface area (Å²) in [7, 11) is 0. The molecule has 0 aromatic heterocycles. The van der Waals surface area contributed by atoms with E-state index in [1.807, 2.05) is 60.7 Å². The third-order valence-electron chi connectivity index (χ3n) is 4.49. The van der Waals surface area contributed by atoms with E-state index in [9.17, 15) is 4.79 Å². The number of hydrogen-bond acceptors (Lipinski definition) is 2. The molecule has 0 unspecified atom stereocenters. The van der Waals surface area contributed by atoms with Crippen LogP contribution < -0.4 is 11.1 Å². The number of nitrogens with one attached hydrogen (secondary N) is 1. The van der Waals surface area contributed by atoms with Crippen molar-refractivity contribution in [2.24, 2.45) is 5.73 Å². The van der Waals surface area contributed by atoms with Crippen molar-refractivity contribution in [3.63, 3.8) is 0 Å². The van der Waals surface area contributed by atoms with Crippen LogP contribution in [0.4, 0.5) is 0 Å². The van der Waals surface area contributed by atoms with Gasteiger partial charge in [0, 0.05) is 0 Å². The fourth-order valence-corrected chi connectivity index (χ4v) is 3.16. The highest BCUT2D eigenvalue weighted by atomic mass is 16.2. The van der Waals surface area contributed by atoms with Gasteiger partial charge in [0.25, 0.3) is 0 Å². The van der Waals surface area contributed by atoms with Gasteiger partial charge >= 0.3 is 0 Å². The minimum Gasteiger partial charge on any atom is -0.344 e. The van der Waals surface area contributed by atoms with Crippen molar-refractivity contribution in [3.05, 3.63) is 71.8 Å². The van der Waals surface area contributed by atoms with Crippen LogP contribution >= 0.6 is 0 Å². The van der Waals surface area contributed by atoms with Crippen LogP contribution in [0.1, 0.15) is 42.9 Å². The summed E-state index contributed by atoms with van der Waals surface area (Å²) in [6, 6.07) is 19.9. The van der Waals surface area contributed by atoms with Crippen molar-refractivity contribution >= 4 is 5.91 Å². The van der Waals surface area contributed by atoms with Crippen LogP contribution in [0.15, 0.2) is 60.7 Å². The molecule has 2 aromatic rings. The monoisotopic (exact) mass is 294 g/mol. The van der Waals surface area contributed by atoms with E-state index in [4.69, 9.17) is 5.73 Å². The predicted octanol–water partition coefficient (Wildman–Crippen LogP) is 3.16. The van der Waals surface area contributed by atoms with E-state index in [2.05, 4.69) is 5.32 Å². The van der Waals surface area contributed by atoms with E-state index in [0.29, 0.717) is 0 Å². The molecule has 2 aromatic carbocycles. The van der Waals surface area contributed by atoms with Crippen molar-refractivity contribution in [1.82, 2.24) is 5.32 Å². The summed E-state index contributed by atoms with van der Waals surface area (Å²) in [5.41, 5.74) is 7.73. The quantitative estimate of drug-likeness (QED) is 0.910. The third kappa shape index (κ3) is 3.04. The van der Waals surface area contributed by atoms with Gasteiger partial charge in [-0.1, -0.05) is 73.5 Å². The molecule has 0 heterocycles. The first-order valence-corrected chi connectivity index (χ1v) is 7.89. The predicted molar refractivity (Wildman–Crippen MR) is 88.3 cm³/mol. The molecule has 1 aliphatic carbocycles. The summed E-state index contributed by atoms with van der Waals surface area (Å²) in [6.07, 6.45) is 3.61. The smallest absolute Gasteiger partial charge is 0.240 e. The van der Waals surface area contributed by atoms with Gasteiger partial charge in [-0.15, -0.1) is 0 Å². The highest BCUT2D eigenvalue weighted by molar-refractivity contribution is 5.87. The molecule has 0 atom stereocenters. The zero-order valence-electron chi connectivity index (χ0n) is 12.7. The topological polar surface area (TPSA) is 55.1 Å². The van der Waals surface area contributed by atoms with E-state index in [0.717, 1.165) is 36.8 Å². The summed E-state index contributed by atoms with van der Waals surface area (Å²) in [4.78, 5) is 12.7. The largest absolute Gasteiger partial charge is 0.344 e. The van der Waals surface area contributed by atoms with Gasteiger partial charge in [-0.2, -0.15) is 0 Å². The Kier molecular flexibility index (Phi) is 4.25. The SMILES string of the molecule is NC1(C(=O)NC(c2ccccc2)c2ccccc2)CCCC1. The molecule has 3 rings (SSSR count). The molecule has 3 N–H and O–H groups in total. The second-order valence-electron chi connectivity index (χ2n) is 6.09. The lowest BCUT2D eigenvalue weighted by molar-refractivity contribution is -0.126. The summed E-state index contributed by atoms with van der Waals surface area (Å²) in [5, 5.41) is 3.17. The van der Waals surface area contributed by atoms with Gasteiger partial charge in [0.2, 0.25) is 5.91 Å². The van der Waals surface area contributed by atoms with Crippen LogP contribution in [0, 0.1) is 0 Å². The lowest BCUT2D eigenvalue weighted by Crippen LogP contribution is -2.52. The Bertz CT molecular complexity index is 579. The highest BCUT2D eigenvalue weighted by Gasteiger charge is 2.38. The standard InChI is InChI=1S/C19H22N2O/c20-19(13-7-8-14-19)18(22)21-17(15-9-3-1-4-10-15)16-11-5-2-6-12-16/h1-6,9-12,17H,7-8,13-14,20H2,(H,21,22). The lowest BCUT2D eigenvalue weighted by atomic mass is 9.94. The van der Waals surface area contributed by atoms with E-state index >= 15 is 0 Å². The van der Waals surface area contributed by atoms with Gasteiger partial charge < -0.3 is 11.1 Å². The minimum absolute atomic E-state index is 0.0392. The molecule has 0 radical (unpaired) electrons. The van der Waals surface area contributed by atoms with Gasteiger partial charge in [0.1, 0.15) is 0 Å². The Morgan fingerprint density at radius 3 is 1.82 bits per heavy atom. The minimum atomic E-state index is -0.707. The van der Waals surface area contributed by atoms with Crippen molar-refractivity contribution < 1.29 is 4.79 Å². The molecule has 1 saturated carbocycles. The zero-order chi connectivity index (χ0) is 15.4. The Morgan fingerprint density at radius 2 is 1.36 bits per heavy atom. The maximum Gasteiger partial charge on any atom is 0.240 e. The van der Waals surface area contributed by atoms with Gasteiger partial charge in [-0.05, 0) is 24.0 Å². The Labute approximate surface area is 131 Å². The maximum absolute atomic E-state index is 12.7. The molecular weight excluding hydrogens is 272 g/mol. The number of benzene rings is 2. The van der Waals surface area contributed by atoms with Crippen LogP contribution in [-0.4, -0.2) is 11.4 Å². The second-order valence-corrected chi connectivity index (χ2v) is 6.09. The maximum atomic E-state index is 12.7. The molecule has 114 valence electrons. The van der Waals surface area contributed by atoms with Crippen LogP contribution in [0.25, 0.3) is 0 Å². The summed E-state index contributed by atoms with van der Waals surface area (Å²) >= 11 is 0. The average molecular weight is 294 g/mol. The Morgan fingerprint density at radius 1 is 0.909 bits per heavy atom. The number of amides is 1. The Balaban J connectivity index is 1.88. The molecule has 0 aliphatic heterocycles. The molecular formula is C19H22N2O. The molecule has 1 amide bonds. The molecule has 0 saturated heterocycles. The van der Waals surface area contributed by atoms with Crippen molar-refractivity contribution in [2.45, 2.75) is 37.3 Å². The Hall–Kier alpha value is -2.13. The van der Waals surface area contributed by atoms with Crippen molar-refractivity contribution in [1.29, 1.82) is 0 Å². The fraction of sp³-hybridized carbons (Fsp3) is 0.316. The first-order chi connectivity index (χ1) is 10.7.